The molecule has 3 atom stereocenters. The molecule has 0 amide bonds. The quantitative estimate of drug-likeness (QED) is 0.802. The summed E-state index contributed by atoms with van der Waals surface area (Å²) in [5.41, 5.74) is 8.06. The number of aromatic nitrogens is 2. The summed E-state index contributed by atoms with van der Waals surface area (Å²) in [6, 6.07) is 0.149. The molecule has 1 aliphatic rings. The van der Waals surface area contributed by atoms with Crippen LogP contribution < -0.4 is 5.73 Å². The fraction of sp³-hybridized carbons (Fsp3) is 0.750. The first-order valence-electron chi connectivity index (χ1n) is 6.09. The van der Waals surface area contributed by atoms with E-state index in [1.54, 1.807) is 0 Å². The van der Waals surface area contributed by atoms with Crippen LogP contribution in [0.1, 0.15) is 55.9 Å². The van der Waals surface area contributed by atoms with E-state index in [4.69, 9.17) is 5.73 Å². The number of hydrogen-bond donors (Lipinski definition) is 2. The molecule has 16 heavy (non-hydrogen) atoms. The lowest BCUT2D eigenvalue weighted by atomic mass is 9.92. The Morgan fingerprint density at radius 1 is 1.50 bits per heavy atom. The van der Waals surface area contributed by atoms with Crippen LogP contribution in [0.4, 0.5) is 0 Å². The van der Waals surface area contributed by atoms with Crippen LogP contribution in [0.25, 0.3) is 0 Å². The van der Waals surface area contributed by atoms with Gasteiger partial charge >= 0.3 is 0 Å². The molecule has 1 aliphatic carbocycles. The highest BCUT2D eigenvalue weighted by Gasteiger charge is 2.27. The van der Waals surface area contributed by atoms with Crippen molar-refractivity contribution >= 4 is 0 Å². The molecule has 1 saturated carbocycles. The molecule has 0 aromatic carbocycles. The topological polar surface area (TPSA) is 64.1 Å². The summed E-state index contributed by atoms with van der Waals surface area (Å²) in [4.78, 5) is 0. The maximum atomic E-state index is 10.0. The SMILES string of the molecule is Cc1c(C(C)N)cnn1C1CCCCC1O. The number of aliphatic hydroxyl groups excluding tert-OH is 1. The summed E-state index contributed by atoms with van der Waals surface area (Å²) in [5.74, 6) is 0. The summed E-state index contributed by atoms with van der Waals surface area (Å²) in [5, 5.41) is 14.4. The van der Waals surface area contributed by atoms with Crippen LogP contribution >= 0.6 is 0 Å². The zero-order valence-electron chi connectivity index (χ0n) is 10.1. The van der Waals surface area contributed by atoms with E-state index in [1.165, 1.54) is 6.42 Å². The van der Waals surface area contributed by atoms with E-state index < -0.39 is 0 Å². The third kappa shape index (κ3) is 1.99. The van der Waals surface area contributed by atoms with E-state index in [-0.39, 0.29) is 18.2 Å². The van der Waals surface area contributed by atoms with Crippen LogP contribution in [0.15, 0.2) is 6.20 Å². The highest BCUT2D eigenvalue weighted by Crippen LogP contribution is 2.30. The van der Waals surface area contributed by atoms with E-state index in [0.29, 0.717) is 0 Å². The van der Waals surface area contributed by atoms with E-state index in [0.717, 1.165) is 30.5 Å². The standard InChI is InChI=1S/C12H21N3O/c1-8(13)10-7-14-15(9(10)2)11-5-3-4-6-12(11)16/h7-8,11-12,16H,3-6,13H2,1-2H3. The normalized spacial score (nSPS) is 28.0. The van der Waals surface area contributed by atoms with Crippen molar-refractivity contribution in [2.75, 3.05) is 0 Å². The predicted octanol–water partition coefficient (Wildman–Crippen LogP) is 1.69. The van der Waals surface area contributed by atoms with Gasteiger partial charge in [0, 0.05) is 17.3 Å². The minimum atomic E-state index is -0.256. The molecule has 4 nitrogen and oxygen atoms in total. The molecule has 1 aromatic heterocycles. The molecular weight excluding hydrogens is 202 g/mol. The van der Waals surface area contributed by atoms with Crippen molar-refractivity contribution in [2.45, 2.75) is 57.7 Å². The van der Waals surface area contributed by atoms with Crippen molar-refractivity contribution < 1.29 is 5.11 Å². The van der Waals surface area contributed by atoms with Gasteiger partial charge in [-0.2, -0.15) is 5.10 Å². The van der Waals surface area contributed by atoms with Crippen molar-refractivity contribution in [3.8, 4) is 0 Å². The molecule has 0 bridgehead atoms. The lowest BCUT2D eigenvalue weighted by Crippen LogP contribution is -2.29. The maximum Gasteiger partial charge on any atom is 0.0781 e. The molecule has 1 heterocycles. The van der Waals surface area contributed by atoms with Crippen LogP contribution in [0, 0.1) is 6.92 Å². The summed E-state index contributed by atoms with van der Waals surface area (Å²) in [6.45, 7) is 4.00. The van der Waals surface area contributed by atoms with Crippen molar-refractivity contribution in [1.82, 2.24) is 9.78 Å². The van der Waals surface area contributed by atoms with Crippen LogP contribution in [0.5, 0.6) is 0 Å². The number of rotatable bonds is 2. The molecule has 0 radical (unpaired) electrons. The van der Waals surface area contributed by atoms with Gasteiger partial charge in [0.2, 0.25) is 0 Å². The fourth-order valence-electron chi connectivity index (χ4n) is 2.60. The van der Waals surface area contributed by atoms with E-state index >= 15 is 0 Å². The fourth-order valence-corrected chi connectivity index (χ4v) is 2.60. The molecule has 2 rings (SSSR count). The van der Waals surface area contributed by atoms with Gasteiger partial charge < -0.3 is 10.8 Å². The number of hydrogen-bond acceptors (Lipinski definition) is 3. The lowest BCUT2D eigenvalue weighted by molar-refractivity contribution is 0.0683. The van der Waals surface area contributed by atoms with Crippen LogP contribution in [-0.4, -0.2) is 21.0 Å². The second-order valence-electron chi connectivity index (χ2n) is 4.84. The molecule has 3 unspecified atom stereocenters. The molecule has 1 aromatic rings. The Morgan fingerprint density at radius 3 is 2.75 bits per heavy atom. The van der Waals surface area contributed by atoms with Gasteiger partial charge in [-0.3, -0.25) is 4.68 Å². The monoisotopic (exact) mass is 223 g/mol. The first-order chi connectivity index (χ1) is 7.61. The Balaban J connectivity index is 2.26. The molecular formula is C12H21N3O. The zero-order valence-corrected chi connectivity index (χ0v) is 10.1. The zero-order chi connectivity index (χ0) is 11.7. The number of aliphatic hydroxyl groups is 1. The highest BCUT2D eigenvalue weighted by molar-refractivity contribution is 5.20. The third-order valence-electron chi connectivity index (χ3n) is 3.58. The molecule has 90 valence electrons. The van der Waals surface area contributed by atoms with Gasteiger partial charge in [-0.25, -0.2) is 0 Å². The first kappa shape index (κ1) is 11.6. The summed E-state index contributed by atoms with van der Waals surface area (Å²) < 4.78 is 1.96. The van der Waals surface area contributed by atoms with Crippen molar-refractivity contribution in [3.63, 3.8) is 0 Å². The number of nitrogens with two attached hydrogens (primary N) is 1. The molecule has 1 fully saturated rings. The van der Waals surface area contributed by atoms with Gasteiger partial charge in [0.25, 0.3) is 0 Å². The average molecular weight is 223 g/mol. The van der Waals surface area contributed by atoms with Gasteiger partial charge in [0.05, 0.1) is 18.3 Å². The number of nitrogens with zero attached hydrogens (tertiary/aromatic N) is 2. The van der Waals surface area contributed by atoms with E-state index in [9.17, 15) is 5.11 Å². The smallest absolute Gasteiger partial charge is 0.0781 e. The van der Waals surface area contributed by atoms with Crippen molar-refractivity contribution in [1.29, 1.82) is 0 Å². The largest absolute Gasteiger partial charge is 0.391 e. The van der Waals surface area contributed by atoms with E-state index in [1.807, 2.05) is 24.7 Å². The predicted molar refractivity (Wildman–Crippen MR) is 63.1 cm³/mol. The Kier molecular flexibility index (Phi) is 3.30. The van der Waals surface area contributed by atoms with Crippen LogP contribution in [0.2, 0.25) is 0 Å². The van der Waals surface area contributed by atoms with Gasteiger partial charge in [-0.05, 0) is 26.7 Å². The molecule has 3 N–H and O–H groups in total. The second-order valence-corrected chi connectivity index (χ2v) is 4.84. The molecule has 0 aliphatic heterocycles. The second kappa shape index (κ2) is 4.55. The van der Waals surface area contributed by atoms with Gasteiger partial charge in [-0.1, -0.05) is 12.8 Å². The van der Waals surface area contributed by atoms with Gasteiger partial charge in [0.15, 0.2) is 0 Å². The van der Waals surface area contributed by atoms with Gasteiger partial charge in [0.1, 0.15) is 0 Å². The lowest BCUT2D eigenvalue weighted by Gasteiger charge is -2.29. The molecule has 0 spiro atoms. The first-order valence-corrected chi connectivity index (χ1v) is 6.09. The van der Waals surface area contributed by atoms with Crippen molar-refractivity contribution in [2.24, 2.45) is 5.73 Å². The Morgan fingerprint density at radius 2 is 2.19 bits per heavy atom. The van der Waals surface area contributed by atoms with Crippen LogP contribution in [-0.2, 0) is 0 Å². The summed E-state index contributed by atoms with van der Waals surface area (Å²) in [6.07, 6.45) is 5.78. The minimum Gasteiger partial charge on any atom is -0.391 e. The van der Waals surface area contributed by atoms with Crippen molar-refractivity contribution in [3.05, 3.63) is 17.5 Å². The minimum absolute atomic E-state index is 0.00878. The Hall–Kier alpha value is -0.870. The van der Waals surface area contributed by atoms with Crippen LogP contribution in [0.3, 0.4) is 0 Å². The molecule has 4 heteroatoms. The average Bonchev–Trinajstić information content (AvgIpc) is 2.61. The third-order valence-corrected chi connectivity index (χ3v) is 3.58. The Bertz CT molecular complexity index is 359. The Labute approximate surface area is 96.5 Å². The summed E-state index contributed by atoms with van der Waals surface area (Å²) in [7, 11) is 0. The maximum absolute atomic E-state index is 10.0. The highest BCUT2D eigenvalue weighted by atomic mass is 16.3. The van der Waals surface area contributed by atoms with E-state index in [2.05, 4.69) is 5.10 Å². The molecule has 0 saturated heterocycles. The van der Waals surface area contributed by atoms with Gasteiger partial charge in [-0.15, -0.1) is 0 Å². The summed E-state index contributed by atoms with van der Waals surface area (Å²) >= 11 is 0.